The largest absolute Gasteiger partial charge is 0.488 e. The van der Waals surface area contributed by atoms with Gasteiger partial charge in [0.25, 0.3) is 0 Å². The molecular formula is C11H16ClNO. The third-order valence-corrected chi connectivity index (χ3v) is 2.44. The number of hydrogen-bond acceptors (Lipinski definition) is 2. The smallest absolute Gasteiger partial charge is 0.123 e. The van der Waals surface area contributed by atoms with Gasteiger partial charge in [-0.1, -0.05) is 6.92 Å². The van der Waals surface area contributed by atoms with Crippen molar-refractivity contribution in [2.75, 3.05) is 0 Å². The van der Waals surface area contributed by atoms with Crippen molar-refractivity contribution >= 4 is 11.6 Å². The normalized spacial score (nSPS) is 11.4. The first-order valence-corrected chi connectivity index (χ1v) is 5.31. The van der Waals surface area contributed by atoms with Gasteiger partial charge in [-0.15, -0.1) is 11.6 Å². The predicted octanol–water partition coefficient (Wildman–Crippen LogP) is 3.39. The Balaban J connectivity index is 2.76. The Morgan fingerprint density at radius 2 is 2.21 bits per heavy atom. The van der Waals surface area contributed by atoms with E-state index in [9.17, 15) is 0 Å². The third kappa shape index (κ3) is 3.18. The topological polar surface area (TPSA) is 22.1 Å². The second kappa shape index (κ2) is 4.65. The minimum Gasteiger partial charge on any atom is -0.488 e. The summed E-state index contributed by atoms with van der Waals surface area (Å²) in [5, 5.41) is 0. The van der Waals surface area contributed by atoms with Crippen LogP contribution in [0.15, 0.2) is 18.3 Å². The van der Waals surface area contributed by atoms with Gasteiger partial charge in [0.1, 0.15) is 11.4 Å². The molecule has 3 heteroatoms. The van der Waals surface area contributed by atoms with Crippen LogP contribution in [0.3, 0.4) is 0 Å². The highest BCUT2D eigenvalue weighted by atomic mass is 35.5. The molecule has 0 fully saturated rings. The van der Waals surface area contributed by atoms with E-state index in [1.165, 1.54) is 0 Å². The maximum Gasteiger partial charge on any atom is 0.123 e. The molecule has 0 amide bonds. The van der Waals surface area contributed by atoms with Crippen molar-refractivity contribution in [3.63, 3.8) is 0 Å². The maximum atomic E-state index is 5.79. The first-order valence-electron chi connectivity index (χ1n) is 4.77. The van der Waals surface area contributed by atoms with Gasteiger partial charge in [0.2, 0.25) is 0 Å². The Bertz CT molecular complexity index is 299. The van der Waals surface area contributed by atoms with Crippen LogP contribution in [0.4, 0.5) is 0 Å². The molecule has 0 aliphatic rings. The van der Waals surface area contributed by atoms with Gasteiger partial charge < -0.3 is 4.74 Å². The summed E-state index contributed by atoms with van der Waals surface area (Å²) in [5.41, 5.74) is 0.710. The Morgan fingerprint density at radius 1 is 1.50 bits per heavy atom. The van der Waals surface area contributed by atoms with Gasteiger partial charge in [0.05, 0.1) is 11.6 Å². The third-order valence-electron chi connectivity index (χ3n) is 2.17. The van der Waals surface area contributed by atoms with Gasteiger partial charge in [0, 0.05) is 12.3 Å². The number of ether oxygens (including phenoxy) is 1. The predicted molar refractivity (Wildman–Crippen MR) is 58.8 cm³/mol. The number of alkyl halides is 1. The second-order valence-corrected chi connectivity index (χ2v) is 4.10. The van der Waals surface area contributed by atoms with Crippen molar-refractivity contribution < 1.29 is 4.74 Å². The minimum atomic E-state index is -0.134. The van der Waals surface area contributed by atoms with Crippen LogP contribution in [-0.2, 0) is 5.88 Å². The summed E-state index contributed by atoms with van der Waals surface area (Å²) in [4.78, 5) is 4.10. The SMILES string of the molecule is CCC(C)(C)Oc1ccnc(CCl)c1. The molecule has 1 rings (SSSR count). The van der Waals surface area contributed by atoms with Crippen LogP contribution in [0, 0.1) is 0 Å². The number of hydrogen-bond donors (Lipinski definition) is 0. The van der Waals surface area contributed by atoms with E-state index in [4.69, 9.17) is 16.3 Å². The molecule has 0 aliphatic heterocycles. The molecule has 1 heterocycles. The Morgan fingerprint density at radius 3 is 2.79 bits per heavy atom. The summed E-state index contributed by atoms with van der Waals surface area (Å²) in [6.07, 6.45) is 2.68. The molecule has 0 saturated carbocycles. The molecule has 0 spiro atoms. The monoisotopic (exact) mass is 213 g/mol. The van der Waals surface area contributed by atoms with Crippen molar-refractivity contribution in [3.8, 4) is 5.75 Å². The van der Waals surface area contributed by atoms with E-state index in [0.717, 1.165) is 17.9 Å². The van der Waals surface area contributed by atoms with E-state index < -0.39 is 0 Å². The average molecular weight is 214 g/mol. The van der Waals surface area contributed by atoms with Crippen LogP contribution < -0.4 is 4.74 Å². The maximum absolute atomic E-state index is 5.79. The van der Waals surface area contributed by atoms with Crippen molar-refractivity contribution in [1.29, 1.82) is 0 Å². The van der Waals surface area contributed by atoms with Crippen molar-refractivity contribution in [1.82, 2.24) is 4.98 Å². The van der Waals surface area contributed by atoms with Gasteiger partial charge >= 0.3 is 0 Å². The lowest BCUT2D eigenvalue weighted by Crippen LogP contribution is -2.26. The summed E-state index contributed by atoms with van der Waals surface area (Å²) in [7, 11) is 0. The van der Waals surface area contributed by atoms with E-state index in [1.54, 1.807) is 6.20 Å². The molecule has 0 unspecified atom stereocenters. The summed E-state index contributed by atoms with van der Waals surface area (Å²) >= 11 is 5.69. The highest BCUT2D eigenvalue weighted by Gasteiger charge is 2.16. The number of halogens is 1. The average Bonchev–Trinajstić information content (AvgIpc) is 2.17. The fraction of sp³-hybridized carbons (Fsp3) is 0.545. The first kappa shape index (κ1) is 11.3. The molecule has 14 heavy (non-hydrogen) atoms. The van der Waals surface area contributed by atoms with Gasteiger partial charge in [-0.2, -0.15) is 0 Å². The molecule has 0 N–H and O–H groups in total. The Hall–Kier alpha value is -0.760. The molecule has 0 radical (unpaired) electrons. The lowest BCUT2D eigenvalue weighted by atomic mass is 10.1. The van der Waals surface area contributed by atoms with Gasteiger partial charge in [-0.25, -0.2) is 0 Å². The molecule has 78 valence electrons. The van der Waals surface area contributed by atoms with E-state index in [1.807, 2.05) is 12.1 Å². The van der Waals surface area contributed by atoms with Crippen LogP contribution in [0.25, 0.3) is 0 Å². The number of aromatic nitrogens is 1. The fourth-order valence-corrected chi connectivity index (χ4v) is 1.13. The second-order valence-electron chi connectivity index (χ2n) is 3.83. The zero-order valence-electron chi connectivity index (χ0n) is 8.88. The summed E-state index contributed by atoms with van der Waals surface area (Å²) in [6.45, 7) is 6.23. The lowest BCUT2D eigenvalue weighted by molar-refractivity contribution is 0.105. The summed E-state index contributed by atoms with van der Waals surface area (Å²) in [5.74, 6) is 1.26. The van der Waals surface area contributed by atoms with Crippen LogP contribution in [0.5, 0.6) is 5.75 Å². The summed E-state index contributed by atoms with van der Waals surface area (Å²) in [6, 6.07) is 3.73. The number of nitrogens with zero attached hydrogens (tertiary/aromatic N) is 1. The lowest BCUT2D eigenvalue weighted by Gasteiger charge is -2.24. The fourth-order valence-electron chi connectivity index (χ4n) is 0.984. The van der Waals surface area contributed by atoms with E-state index in [2.05, 4.69) is 25.8 Å². The number of rotatable bonds is 4. The molecule has 0 atom stereocenters. The molecular weight excluding hydrogens is 198 g/mol. The van der Waals surface area contributed by atoms with Gasteiger partial charge in [-0.3, -0.25) is 4.98 Å². The molecule has 1 aromatic rings. The number of pyridine rings is 1. The Labute approximate surface area is 90.3 Å². The van der Waals surface area contributed by atoms with Crippen LogP contribution >= 0.6 is 11.6 Å². The summed E-state index contributed by atoms with van der Waals surface area (Å²) < 4.78 is 5.79. The van der Waals surface area contributed by atoms with Gasteiger partial charge in [0.15, 0.2) is 0 Å². The molecule has 0 aromatic carbocycles. The van der Waals surface area contributed by atoms with Crippen LogP contribution in [0.1, 0.15) is 32.9 Å². The molecule has 0 saturated heterocycles. The van der Waals surface area contributed by atoms with Gasteiger partial charge in [-0.05, 0) is 26.3 Å². The zero-order valence-corrected chi connectivity index (χ0v) is 9.64. The molecule has 2 nitrogen and oxygen atoms in total. The molecule has 0 aliphatic carbocycles. The van der Waals surface area contributed by atoms with Crippen LogP contribution in [-0.4, -0.2) is 10.6 Å². The Kier molecular flexibility index (Phi) is 3.76. The van der Waals surface area contributed by atoms with Crippen LogP contribution in [0.2, 0.25) is 0 Å². The molecule has 0 bridgehead atoms. The standard InChI is InChI=1S/C11H16ClNO/c1-4-11(2,3)14-10-5-6-13-9(7-10)8-12/h5-7H,4,8H2,1-3H3. The highest BCUT2D eigenvalue weighted by Crippen LogP contribution is 2.21. The first-order chi connectivity index (χ1) is 6.57. The van der Waals surface area contributed by atoms with E-state index in [0.29, 0.717) is 5.88 Å². The van der Waals surface area contributed by atoms with Crippen molar-refractivity contribution in [2.24, 2.45) is 0 Å². The quantitative estimate of drug-likeness (QED) is 0.716. The van der Waals surface area contributed by atoms with E-state index in [-0.39, 0.29) is 5.60 Å². The van der Waals surface area contributed by atoms with E-state index >= 15 is 0 Å². The highest BCUT2D eigenvalue weighted by molar-refractivity contribution is 6.16. The van der Waals surface area contributed by atoms with Crippen molar-refractivity contribution in [2.45, 2.75) is 38.7 Å². The molecule has 1 aromatic heterocycles. The van der Waals surface area contributed by atoms with Crippen molar-refractivity contribution in [3.05, 3.63) is 24.0 Å². The minimum absolute atomic E-state index is 0.134. The zero-order chi connectivity index (χ0) is 10.6.